The van der Waals surface area contributed by atoms with E-state index in [1.807, 2.05) is 78.5 Å². The molecule has 0 atom stereocenters. The number of aromatic nitrogens is 3. The highest BCUT2D eigenvalue weighted by Gasteiger charge is 2.28. The molecule has 0 radical (unpaired) electrons. The van der Waals surface area contributed by atoms with Crippen LogP contribution in [-0.2, 0) is 11.2 Å². The highest BCUT2D eigenvalue weighted by atomic mass is 16.5. The smallest absolute Gasteiger partial charge is 0.309 e. The van der Waals surface area contributed by atoms with Gasteiger partial charge >= 0.3 is 5.97 Å². The van der Waals surface area contributed by atoms with Crippen molar-refractivity contribution in [2.75, 3.05) is 5.32 Å². The molecule has 7 heteroatoms. The van der Waals surface area contributed by atoms with E-state index >= 15 is 0 Å². The third-order valence-corrected chi connectivity index (χ3v) is 6.26. The molecule has 2 heterocycles. The number of anilines is 2. The van der Waals surface area contributed by atoms with Crippen molar-refractivity contribution in [1.82, 2.24) is 14.8 Å². The fraction of sp³-hybridized carbons (Fsp3) is 0.276. The second-order valence-electron chi connectivity index (χ2n) is 10.1. The van der Waals surface area contributed by atoms with Crippen molar-refractivity contribution in [3.8, 4) is 22.8 Å². The summed E-state index contributed by atoms with van der Waals surface area (Å²) >= 11 is 0. The Labute approximate surface area is 210 Å². The fourth-order valence-corrected chi connectivity index (χ4v) is 4.21. The number of carboxylic acids is 1. The van der Waals surface area contributed by atoms with Crippen LogP contribution in [0.2, 0.25) is 0 Å². The quantitative estimate of drug-likeness (QED) is 0.273. The number of hydrogen-bond donors (Lipinski definition) is 2. The molecular weight excluding hydrogens is 452 g/mol. The summed E-state index contributed by atoms with van der Waals surface area (Å²) in [6.45, 7) is 5.47. The van der Waals surface area contributed by atoms with Gasteiger partial charge in [0.1, 0.15) is 17.3 Å². The minimum absolute atomic E-state index is 0.433. The van der Waals surface area contributed by atoms with Crippen molar-refractivity contribution in [3.05, 3.63) is 84.2 Å². The molecule has 0 aliphatic heterocycles. The van der Waals surface area contributed by atoms with Gasteiger partial charge in [0.2, 0.25) is 0 Å². The van der Waals surface area contributed by atoms with Crippen LogP contribution in [0.3, 0.4) is 0 Å². The van der Waals surface area contributed by atoms with Crippen molar-refractivity contribution in [1.29, 1.82) is 0 Å². The molecular formula is C29H30N4O3. The van der Waals surface area contributed by atoms with Crippen LogP contribution in [0.15, 0.2) is 73.1 Å². The molecule has 5 rings (SSSR count). The summed E-state index contributed by atoms with van der Waals surface area (Å²) in [6.07, 6.45) is 6.39. The number of ether oxygens (including phenoxy) is 1. The van der Waals surface area contributed by atoms with E-state index in [-0.39, 0.29) is 0 Å². The molecule has 0 amide bonds. The largest absolute Gasteiger partial charge is 0.481 e. The number of carbonyl (C=O) groups is 1. The lowest BCUT2D eigenvalue weighted by Gasteiger charge is -2.20. The van der Waals surface area contributed by atoms with E-state index in [2.05, 4.69) is 10.3 Å². The molecule has 7 nitrogen and oxygen atoms in total. The van der Waals surface area contributed by atoms with Gasteiger partial charge in [-0.1, -0.05) is 36.4 Å². The van der Waals surface area contributed by atoms with E-state index in [9.17, 15) is 9.90 Å². The summed E-state index contributed by atoms with van der Waals surface area (Å²) in [5.41, 5.74) is 3.83. The average Bonchev–Trinajstić information content (AvgIpc) is 3.59. The topological polar surface area (TPSA) is 89.3 Å². The Hall–Kier alpha value is -4.13. The van der Waals surface area contributed by atoms with Gasteiger partial charge in [-0.05, 0) is 69.4 Å². The average molecular weight is 483 g/mol. The van der Waals surface area contributed by atoms with Crippen LogP contribution in [0.1, 0.15) is 43.9 Å². The number of pyridine rings is 1. The molecule has 36 heavy (non-hydrogen) atoms. The van der Waals surface area contributed by atoms with Crippen LogP contribution in [0.25, 0.3) is 11.3 Å². The summed E-state index contributed by atoms with van der Waals surface area (Å²) < 4.78 is 8.32. The van der Waals surface area contributed by atoms with Crippen LogP contribution in [0.4, 0.5) is 11.5 Å². The zero-order valence-corrected chi connectivity index (χ0v) is 20.7. The molecule has 2 aromatic carbocycles. The molecule has 2 N–H and O–H groups in total. The van der Waals surface area contributed by atoms with Crippen molar-refractivity contribution >= 4 is 17.5 Å². The first-order chi connectivity index (χ1) is 17.3. The Balaban J connectivity index is 1.38. The van der Waals surface area contributed by atoms with E-state index in [1.165, 1.54) is 0 Å². The summed E-state index contributed by atoms with van der Waals surface area (Å²) in [5.74, 6) is 1.18. The molecule has 1 aliphatic carbocycles. The predicted octanol–water partition coefficient (Wildman–Crippen LogP) is 6.78. The van der Waals surface area contributed by atoms with Crippen molar-refractivity contribution in [3.63, 3.8) is 0 Å². The highest BCUT2D eigenvalue weighted by molar-refractivity contribution is 5.74. The van der Waals surface area contributed by atoms with E-state index in [1.54, 1.807) is 20.0 Å². The van der Waals surface area contributed by atoms with Crippen LogP contribution in [-0.4, -0.2) is 25.8 Å². The first-order valence-corrected chi connectivity index (χ1v) is 12.2. The van der Waals surface area contributed by atoms with Gasteiger partial charge in [0.15, 0.2) is 5.75 Å². The highest BCUT2D eigenvalue weighted by Crippen LogP contribution is 2.40. The SMILES string of the molecule is Cc1cc(CC(C)(C)C(=O)O)cc(Nc2cc(Oc3cn(C4CC4)nc3-c3ccccc3)ccn2)c1. The molecule has 4 aromatic rings. The molecule has 0 spiro atoms. The number of nitrogens with one attached hydrogen (secondary N) is 1. The number of nitrogens with zero attached hydrogens (tertiary/aromatic N) is 3. The molecule has 184 valence electrons. The molecule has 1 saturated carbocycles. The van der Waals surface area contributed by atoms with Gasteiger partial charge in [0.25, 0.3) is 0 Å². The molecule has 2 aromatic heterocycles. The lowest BCUT2D eigenvalue weighted by atomic mass is 9.85. The van der Waals surface area contributed by atoms with Crippen molar-refractivity contribution in [2.24, 2.45) is 5.41 Å². The normalized spacial score (nSPS) is 13.4. The number of aryl methyl sites for hydroxylation is 1. The number of benzene rings is 2. The first-order valence-electron chi connectivity index (χ1n) is 12.2. The van der Waals surface area contributed by atoms with E-state index in [4.69, 9.17) is 9.84 Å². The Bertz CT molecular complexity index is 1390. The zero-order valence-electron chi connectivity index (χ0n) is 20.7. The lowest BCUT2D eigenvalue weighted by Crippen LogP contribution is -2.26. The van der Waals surface area contributed by atoms with Gasteiger partial charge in [0.05, 0.1) is 17.7 Å². The second-order valence-corrected chi connectivity index (χ2v) is 10.1. The third kappa shape index (κ3) is 5.40. The van der Waals surface area contributed by atoms with Gasteiger partial charge < -0.3 is 15.2 Å². The van der Waals surface area contributed by atoms with Crippen molar-refractivity contribution < 1.29 is 14.6 Å². The Kier molecular flexibility index (Phi) is 6.22. The molecule has 0 saturated heterocycles. The Morgan fingerprint density at radius 3 is 2.64 bits per heavy atom. The summed E-state index contributed by atoms with van der Waals surface area (Å²) in [7, 11) is 0. The van der Waals surface area contributed by atoms with Gasteiger partial charge in [0, 0.05) is 23.5 Å². The van der Waals surface area contributed by atoms with E-state index in [0.29, 0.717) is 29.8 Å². The molecule has 1 fully saturated rings. The minimum atomic E-state index is -0.849. The zero-order chi connectivity index (χ0) is 25.3. The molecule has 0 unspecified atom stereocenters. The van der Waals surface area contributed by atoms with Gasteiger partial charge in [-0.25, -0.2) is 4.98 Å². The van der Waals surface area contributed by atoms with E-state index in [0.717, 1.165) is 40.9 Å². The van der Waals surface area contributed by atoms with Gasteiger partial charge in [-0.15, -0.1) is 0 Å². The number of rotatable bonds is 9. The Morgan fingerprint density at radius 1 is 1.14 bits per heavy atom. The van der Waals surface area contributed by atoms with Gasteiger partial charge in [-0.2, -0.15) is 5.10 Å². The second kappa shape index (κ2) is 9.49. The van der Waals surface area contributed by atoms with Crippen LogP contribution in [0, 0.1) is 12.3 Å². The van der Waals surface area contributed by atoms with E-state index < -0.39 is 11.4 Å². The van der Waals surface area contributed by atoms with Crippen LogP contribution >= 0.6 is 0 Å². The fourth-order valence-electron chi connectivity index (χ4n) is 4.21. The maximum Gasteiger partial charge on any atom is 0.309 e. The Morgan fingerprint density at radius 2 is 1.92 bits per heavy atom. The maximum absolute atomic E-state index is 11.6. The van der Waals surface area contributed by atoms with Crippen LogP contribution < -0.4 is 10.1 Å². The first kappa shape index (κ1) is 23.6. The summed E-state index contributed by atoms with van der Waals surface area (Å²) in [4.78, 5) is 16.0. The number of aliphatic carboxylic acids is 1. The monoisotopic (exact) mass is 482 g/mol. The maximum atomic E-state index is 11.6. The summed E-state index contributed by atoms with van der Waals surface area (Å²) in [6, 6.07) is 20.2. The standard InChI is InChI=1S/C29H30N4O3/c1-19-13-20(17-29(2,3)28(34)35)15-22(14-19)31-26-16-24(11-12-30-26)36-25-18-33(23-9-10-23)32-27(25)21-7-5-4-6-8-21/h4-8,11-16,18,23H,9-10,17H2,1-3H3,(H,30,31)(H,34,35). The van der Waals surface area contributed by atoms with Crippen LogP contribution in [0.5, 0.6) is 11.5 Å². The van der Waals surface area contributed by atoms with Gasteiger partial charge in [-0.3, -0.25) is 9.48 Å². The minimum Gasteiger partial charge on any atom is -0.481 e. The summed E-state index contributed by atoms with van der Waals surface area (Å²) in [5, 5.41) is 17.7. The number of carboxylic acid groups (broad SMARTS) is 1. The molecule has 0 bridgehead atoms. The number of hydrogen-bond acceptors (Lipinski definition) is 5. The predicted molar refractivity (Wildman–Crippen MR) is 140 cm³/mol. The van der Waals surface area contributed by atoms with Crippen molar-refractivity contribution in [2.45, 2.75) is 46.1 Å². The molecule has 1 aliphatic rings. The lowest BCUT2D eigenvalue weighted by molar-refractivity contribution is -0.146. The third-order valence-electron chi connectivity index (χ3n) is 6.26.